The number of amides is 2. The molecule has 8 nitrogen and oxygen atoms in total. The van der Waals surface area contributed by atoms with Crippen LogP contribution >= 0.6 is 15.9 Å². The van der Waals surface area contributed by atoms with E-state index in [1.54, 1.807) is 16.9 Å². The van der Waals surface area contributed by atoms with Gasteiger partial charge in [-0.15, -0.1) is 0 Å². The summed E-state index contributed by atoms with van der Waals surface area (Å²) in [6.45, 7) is 3.43. The number of piperidine rings is 1. The molecule has 1 saturated heterocycles. The average Bonchev–Trinajstić information content (AvgIpc) is 3.15. The van der Waals surface area contributed by atoms with Gasteiger partial charge in [-0.1, -0.05) is 18.2 Å². The summed E-state index contributed by atoms with van der Waals surface area (Å²) in [7, 11) is 0. The number of aryl methyl sites for hydroxylation is 1. The normalized spacial score (nSPS) is 16.5. The molecule has 0 unspecified atom stereocenters. The second-order valence-electron chi connectivity index (χ2n) is 7.89. The number of aromatic nitrogens is 3. The first-order valence-electron chi connectivity index (χ1n) is 10.5. The Balaban J connectivity index is 1.35. The first-order chi connectivity index (χ1) is 15.5. The number of pyridine rings is 1. The van der Waals surface area contributed by atoms with Crippen LogP contribution in [0.2, 0.25) is 0 Å². The minimum atomic E-state index is -0.181. The lowest BCUT2D eigenvalue weighted by atomic mass is 9.97. The minimum Gasteiger partial charge on any atom is -0.310 e. The minimum absolute atomic E-state index is 0.0669. The van der Waals surface area contributed by atoms with E-state index < -0.39 is 0 Å². The summed E-state index contributed by atoms with van der Waals surface area (Å²) in [5.74, 6) is 0.781. The first-order valence-corrected chi connectivity index (χ1v) is 11.3. The zero-order valence-electron chi connectivity index (χ0n) is 17.8. The Bertz CT molecular complexity index is 1080. The number of nitrogens with zero attached hydrogens (tertiary/aromatic N) is 4. The van der Waals surface area contributed by atoms with Crippen molar-refractivity contribution < 1.29 is 9.59 Å². The molecule has 1 aromatic carbocycles. The van der Waals surface area contributed by atoms with Crippen molar-refractivity contribution >= 4 is 39.4 Å². The molecule has 3 aromatic rings. The van der Waals surface area contributed by atoms with Crippen molar-refractivity contribution in [2.24, 2.45) is 5.92 Å². The lowest BCUT2D eigenvalue weighted by Gasteiger charge is -2.31. The van der Waals surface area contributed by atoms with Crippen LogP contribution in [-0.2, 0) is 9.59 Å². The highest BCUT2D eigenvalue weighted by molar-refractivity contribution is 9.10. The summed E-state index contributed by atoms with van der Waals surface area (Å²) in [6, 6.07) is 15.1. The summed E-state index contributed by atoms with van der Waals surface area (Å²) in [5, 5.41) is 10.3. The van der Waals surface area contributed by atoms with Crippen LogP contribution in [0.3, 0.4) is 0 Å². The van der Waals surface area contributed by atoms with Crippen LogP contribution in [0.25, 0.3) is 5.69 Å². The summed E-state index contributed by atoms with van der Waals surface area (Å²) in [4.78, 5) is 31.7. The second kappa shape index (κ2) is 10.1. The van der Waals surface area contributed by atoms with Crippen molar-refractivity contribution in [2.45, 2.75) is 19.8 Å². The maximum absolute atomic E-state index is 12.8. The van der Waals surface area contributed by atoms with Crippen molar-refractivity contribution in [1.29, 1.82) is 0 Å². The summed E-state index contributed by atoms with van der Waals surface area (Å²) < 4.78 is 2.58. The molecule has 3 heterocycles. The number of likely N-dealkylation sites (tertiary alicyclic amines) is 1. The van der Waals surface area contributed by atoms with E-state index in [0.29, 0.717) is 18.2 Å². The molecule has 166 valence electrons. The van der Waals surface area contributed by atoms with Gasteiger partial charge in [-0.3, -0.25) is 14.5 Å². The topological polar surface area (TPSA) is 92.2 Å². The molecule has 1 aliphatic heterocycles. The van der Waals surface area contributed by atoms with E-state index in [-0.39, 0.29) is 24.3 Å². The number of carbonyl (C=O) groups is 2. The van der Waals surface area contributed by atoms with Gasteiger partial charge in [0, 0.05) is 23.3 Å². The second-order valence-corrected chi connectivity index (χ2v) is 8.81. The number of para-hydroxylation sites is 1. The Morgan fingerprint density at radius 3 is 2.72 bits per heavy atom. The molecule has 1 atom stereocenters. The Kier molecular flexibility index (Phi) is 6.96. The zero-order valence-corrected chi connectivity index (χ0v) is 19.4. The molecule has 0 bridgehead atoms. The van der Waals surface area contributed by atoms with Crippen molar-refractivity contribution in [1.82, 2.24) is 19.7 Å². The van der Waals surface area contributed by atoms with Gasteiger partial charge in [-0.25, -0.2) is 9.67 Å². The van der Waals surface area contributed by atoms with Crippen LogP contribution in [0.1, 0.15) is 18.5 Å². The van der Waals surface area contributed by atoms with Gasteiger partial charge in [-0.05, 0) is 66.5 Å². The van der Waals surface area contributed by atoms with Crippen LogP contribution in [0, 0.1) is 12.8 Å². The molecule has 0 aliphatic carbocycles. The molecule has 32 heavy (non-hydrogen) atoms. The monoisotopic (exact) mass is 496 g/mol. The molecular weight excluding hydrogens is 472 g/mol. The highest BCUT2D eigenvalue weighted by Crippen LogP contribution is 2.20. The smallest absolute Gasteiger partial charge is 0.239 e. The SMILES string of the molecule is Cc1cc(NC(=O)CN2CCC[C@@H](C(=O)Nc3ccc(Br)cn3)C2)n(-c2ccccc2)n1. The summed E-state index contributed by atoms with van der Waals surface area (Å²) in [6.07, 6.45) is 3.30. The van der Waals surface area contributed by atoms with Gasteiger partial charge in [0.15, 0.2) is 0 Å². The van der Waals surface area contributed by atoms with E-state index in [4.69, 9.17) is 0 Å². The number of anilines is 2. The summed E-state index contributed by atoms with van der Waals surface area (Å²) in [5.41, 5.74) is 1.70. The number of benzene rings is 1. The van der Waals surface area contributed by atoms with Crippen LogP contribution in [0.5, 0.6) is 0 Å². The largest absolute Gasteiger partial charge is 0.310 e. The lowest BCUT2D eigenvalue weighted by Crippen LogP contribution is -2.44. The molecule has 0 spiro atoms. The third-order valence-corrected chi connectivity index (χ3v) is 5.79. The van der Waals surface area contributed by atoms with Gasteiger partial charge < -0.3 is 10.6 Å². The molecule has 4 rings (SSSR count). The Hall–Kier alpha value is -3.04. The van der Waals surface area contributed by atoms with Gasteiger partial charge in [0.1, 0.15) is 11.6 Å². The third kappa shape index (κ3) is 5.60. The van der Waals surface area contributed by atoms with Crippen molar-refractivity contribution in [3.8, 4) is 5.69 Å². The fourth-order valence-electron chi connectivity index (χ4n) is 3.83. The Morgan fingerprint density at radius 1 is 1.16 bits per heavy atom. The van der Waals surface area contributed by atoms with Crippen LogP contribution < -0.4 is 10.6 Å². The maximum atomic E-state index is 12.8. The Morgan fingerprint density at radius 2 is 1.97 bits per heavy atom. The molecule has 9 heteroatoms. The molecule has 2 amide bonds. The Labute approximate surface area is 195 Å². The maximum Gasteiger partial charge on any atom is 0.239 e. The lowest BCUT2D eigenvalue weighted by molar-refractivity contribution is -0.123. The summed E-state index contributed by atoms with van der Waals surface area (Å²) >= 11 is 3.34. The number of nitrogens with one attached hydrogen (secondary N) is 2. The number of hydrogen-bond acceptors (Lipinski definition) is 5. The number of halogens is 1. The molecular formula is C23H25BrN6O2. The molecule has 1 aliphatic rings. The molecule has 2 N–H and O–H groups in total. The predicted octanol–water partition coefficient (Wildman–Crippen LogP) is 3.63. The standard InChI is InChI=1S/C23H25BrN6O2/c1-16-12-21(30(28-16)19-7-3-2-4-8-19)27-22(31)15-29-11-5-6-17(14-29)23(32)26-20-10-9-18(24)13-25-20/h2-4,7-10,12-13,17H,5-6,11,14-15H2,1H3,(H,27,31)(H,25,26,32)/t17-/m1/s1. The van der Waals surface area contributed by atoms with E-state index in [9.17, 15) is 9.59 Å². The first kappa shape index (κ1) is 22.2. The number of carbonyl (C=O) groups excluding carboxylic acids is 2. The highest BCUT2D eigenvalue weighted by atomic mass is 79.9. The van der Waals surface area contributed by atoms with Crippen molar-refractivity contribution in [3.05, 3.63) is 64.9 Å². The van der Waals surface area contributed by atoms with E-state index >= 15 is 0 Å². The molecule has 1 fully saturated rings. The van der Waals surface area contributed by atoms with Crippen LogP contribution in [0.15, 0.2) is 59.2 Å². The zero-order chi connectivity index (χ0) is 22.5. The molecule has 2 aromatic heterocycles. The van der Waals surface area contributed by atoms with Crippen LogP contribution in [-0.4, -0.2) is 51.1 Å². The highest BCUT2D eigenvalue weighted by Gasteiger charge is 2.27. The van der Waals surface area contributed by atoms with Crippen LogP contribution in [0.4, 0.5) is 11.6 Å². The van der Waals surface area contributed by atoms with Crippen molar-refractivity contribution in [2.75, 3.05) is 30.3 Å². The quantitative estimate of drug-likeness (QED) is 0.543. The number of hydrogen-bond donors (Lipinski definition) is 2. The van der Waals surface area contributed by atoms with Gasteiger partial charge in [-0.2, -0.15) is 5.10 Å². The molecule has 0 radical (unpaired) electrons. The van der Waals surface area contributed by atoms with Gasteiger partial charge in [0.05, 0.1) is 23.8 Å². The van der Waals surface area contributed by atoms with E-state index in [1.165, 1.54) is 0 Å². The van der Waals surface area contributed by atoms with Gasteiger partial charge >= 0.3 is 0 Å². The fraction of sp³-hybridized carbons (Fsp3) is 0.304. The van der Waals surface area contributed by atoms with E-state index in [2.05, 4.69) is 36.6 Å². The van der Waals surface area contributed by atoms with E-state index in [0.717, 1.165) is 35.2 Å². The van der Waals surface area contributed by atoms with Crippen molar-refractivity contribution in [3.63, 3.8) is 0 Å². The average molecular weight is 497 g/mol. The van der Waals surface area contributed by atoms with E-state index in [1.807, 2.05) is 54.3 Å². The predicted molar refractivity (Wildman–Crippen MR) is 127 cm³/mol. The third-order valence-electron chi connectivity index (χ3n) is 5.32. The van der Waals surface area contributed by atoms with Gasteiger partial charge in [0.25, 0.3) is 0 Å². The molecule has 0 saturated carbocycles. The van der Waals surface area contributed by atoms with Gasteiger partial charge in [0.2, 0.25) is 11.8 Å². The fourth-order valence-corrected chi connectivity index (χ4v) is 4.07. The number of rotatable bonds is 6.